The third kappa shape index (κ3) is 1.15. The zero-order valence-electron chi connectivity index (χ0n) is 5.13. The van der Waals surface area contributed by atoms with Gasteiger partial charge in [-0.15, -0.1) is 10.2 Å². The number of nitrogens with zero attached hydrogens (tertiary/aromatic N) is 7. The largest absolute Gasteiger partial charge is 0.174 e. The van der Waals surface area contributed by atoms with Crippen LogP contribution in [0, 0.1) is 6.92 Å². The van der Waals surface area contributed by atoms with Crippen molar-refractivity contribution in [3.8, 4) is 0 Å². The Morgan fingerprint density at radius 1 is 1.40 bits per heavy atom. The first-order valence-electron chi connectivity index (χ1n) is 2.42. The van der Waals surface area contributed by atoms with Gasteiger partial charge in [-0.05, 0) is 28.0 Å². The van der Waals surface area contributed by atoms with E-state index in [-0.39, 0.29) is 5.82 Å². The smallest absolute Gasteiger partial charge is 0.132 e. The normalized spacial score (nSPS) is 8.50. The quantitative estimate of drug-likeness (QED) is 0.319. The molecule has 0 aromatic carbocycles. The van der Waals surface area contributed by atoms with E-state index in [4.69, 9.17) is 5.53 Å². The summed E-state index contributed by atoms with van der Waals surface area (Å²) in [7, 11) is 0. The molecule has 0 N–H and O–H groups in total. The third-order valence-corrected chi connectivity index (χ3v) is 0.837. The second kappa shape index (κ2) is 2.70. The van der Waals surface area contributed by atoms with Gasteiger partial charge in [0.05, 0.1) is 5.69 Å². The molecule has 0 saturated heterocycles. The first-order valence-corrected chi connectivity index (χ1v) is 2.42. The number of aryl methyl sites for hydroxylation is 1. The van der Waals surface area contributed by atoms with Crippen LogP contribution in [0.4, 0.5) is 5.82 Å². The fourth-order valence-corrected chi connectivity index (χ4v) is 0.401. The summed E-state index contributed by atoms with van der Waals surface area (Å²) in [5, 5.41) is 16.6. The van der Waals surface area contributed by atoms with E-state index in [0.29, 0.717) is 5.69 Å². The van der Waals surface area contributed by atoms with E-state index in [1.807, 2.05) is 0 Å². The lowest BCUT2D eigenvalue weighted by Crippen LogP contribution is -1.93. The maximum absolute atomic E-state index is 7.99. The fourth-order valence-electron chi connectivity index (χ4n) is 0.401. The average Bonchev–Trinajstić information content (AvgIpc) is 1.94. The van der Waals surface area contributed by atoms with E-state index in [2.05, 4.69) is 30.7 Å². The summed E-state index contributed by atoms with van der Waals surface area (Å²) in [6.07, 6.45) is 0. The van der Waals surface area contributed by atoms with Crippen molar-refractivity contribution in [3.05, 3.63) is 16.1 Å². The van der Waals surface area contributed by atoms with Crippen molar-refractivity contribution >= 4 is 5.82 Å². The van der Waals surface area contributed by atoms with Crippen molar-refractivity contribution in [1.82, 2.24) is 20.6 Å². The molecular weight excluding hydrogens is 134 g/mol. The first kappa shape index (κ1) is 6.37. The third-order valence-electron chi connectivity index (χ3n) is 0.837. The highest BCUT2D eigenvalue weighted by Gasteiger charge is 1.95. The summed E-state index contributed by atoms with van der Waals surface area (Å²) >= 11 is 0. The molecule has 0 unspecified atom stereocenters. The van der Waals surface area contributed by atoms with Gasteiger partial charge in [-0.1, -0.05) is 0 Å². The number of hydrogen-bond donors (Lipinski definition) is 0. The number of aromatic nitrogens is 4. The Morgan fingerprint density at radius 3 is 2.70 bits per heavy atom. The Hall–Kier alpha value is -1.75. The molecule has 10 heavy (non-hydrogen) atoms. The molecule has 1 heterocycles. The maximum atomic E-state index is 7.99. The Labute approximate surface area is 55.7 Å². The van der Waals surface area contributed by atoms with Crippen molar-refractivity contribution in [2.45, 2.75) is 6.92 Å². The number of azide groups is 1. The maximum Gasteiger partial charge on any atom is 0.174 e. The molecule has 0 amide bonds. The minimum atomic E-state index is 0.164. The molecule has 0 radical (unpaired) electrons. The zero-order chi connectivity index (χ0) is 7.40. The lowest BCUT2D eigenvalue weighted by atomic mass is 10.5. The summed E-state index contributed by atoms with van der Waals surface area (Å²) in [5.41, 5.74) is 8.45. The van der Waals surface area contributed by atoms with Crippen molar-refractivity contribution in [3.63, 3.8) is 0 Å². The minimum absolute atomic E-state index is 0.164. The predicted molar refractivity (Wildman–Crippen MR) is 31.2 cm³/mol. The second-order valence-electron chi connectivity index (χ2n) is 1.48. The molecule has 1 rings (SSSR count). The molecule has 0 aliphatic carbocycles. The standard InChI is InChI=1S/C3H3N7/c1-2-3(6-8-4)7-10-9-5-2/h1H3. The SMILES string of the molecule is Cc1nnnnc1N=[N+]=[N-]. The van der Waals surface area contributed by atoms with E-state index in [0.717, 1.165) is 0 Å². The molecule has 0 atom stereocenters. The molecule has 0 saturated carbocycles. The summed E-state index contributed by atoms with van der Waals surface area (Å²) in [6.45, 7) is 1.63. The van der Waals surface area contributed by atoms with E-state index < -0.39 is 0 Å². The van der Waals surface area contributed by atoms with Crippen LogP contribution in [0.2, 0.25) is 0 Å². The number of hydrogen-bond acceptors (Lipinski definition) is 5. The van der Waals surface area contributed by atoms with Crippen molar-refractivity contribution in [2.75, 3.05) is 0 Å². The van der Waals surface area contributed by atoms with Crippen LogP contribution in [0.25, 0.3) is 10.4 Å². The number of rotatable bonds is 1. The first-order chi connectivity index (χ1) is 4.84. The molecule has 1 aromatic heterocycles. The highest BCUT2D eigenvalue weighted by Crippen LogP contribution is 2.07. The van der Waals surface area contributed by atoms with E-state index in [1.165, 1.54) is 0 Å². The highest BCUT2D eigenvalue weighted by molar-refractivity contribution is 5.27. The molecule has 0 spiro atoms. The van der Waals surface area contributed by atoms with Crippen LogP contribution in [0.5, 0.6) is 0 Å². The Balaban J connectivity index is 3.14. The molecule has 0 fully saturated rings. The lowest BCUT2D eigenvalue weighted by Gasteiger charge is -1.88. The molecule has 50 valence electrons. The summed E-state index contributed by atoms with van der Waals surface area (Å²) in [4.78, 5) is 2.52. The Morgan fingerprint density at radius 2 is 2.10 bits per heavy atom. The zero-order valence-corrected chi connectivity index (χ0v) is 5.13. The molecule has 0 bridgehead atoms. The van der Waals surface area contributed by atoms with E-state index in [9.17, 15) is 0 Å². The van der Waals surface area contributed by atoms with Crippen molar-refractivity contribution in [1.29, 1.82) is 0 Å². The van der Waals surface area contributed by atoms with Gasteiger partial charge >= 0.3 is 0 Å². The van der Waals surface area contributed by atoms with Crippen LogP contribution < -0.4 is 0 Å². The van der Waals surface area contributed by atoms with E-state index in [1.54, 1.807) is 6.92 Å². The predicted octanol–water partition coefficient (Wildman–Crippen LogP) is 0.517. The molecule has 7 nitrogen and oxygen atoms in total. The van der Waals surface area contributed by atoms with Crippen LogP contribution in [0.15, 0.2) is 5.11 Å². The lowest BCUT2D eigenvalue weighted by molar-refractivity contribution is 0.744. The van der Waals surface area contributed by atoms with Gasteiger partial charge in [0.15, 0.2) is 5.82 Å². The van der Waals surface area contributed by atoms with Crippen LogP contribution in [-0.4, -0.2) is 20.6 Å². The molecule has 7 heteroatoms. The fraction of sp³-hybridized carbons (Fsp3) is 0.333. The highest BCUT2D eigenvalue weighted by atomic mass is 15.4. The van der Waals surface area contributed by atoms with Crippen molar-refractivity contribution in [2.24, 2.45) is 5.11 Å². The van der Waals surface area contributed by atoms with Crippen LogP contribution in [0.1, 0.15) is 5.69 Å². The van der Waals surface area contributed by atoms with Crippen LogP contribution in [0.3, 0.4) is 0 Å². The van der Waals surface area contributed by atoms with E-state index >= 15 is 0 Å². The summed E-state index contributed by atoms with van der Waals surface area (Å²) < 4.78 is 0. The van der Waals surface area contributed by atoms with Gasteiger partial charge < -0.3 is 0 Å². The molecular formula is C3H3N7. The van der Waals surface area contributed by atoms with Gasteiger partial charge in [0.25, 0.3) is 0 Å². The van der Waals surface area contributed by atoms with Gasteiger partial charge in [0, 0.05) is 4.91 Å². The molecule has 1 aromatic rings. The average molecular weight is 137 g/mol. The van der Waals surface area contributed by atoms with Gasteiger partial charge in [0.1, 0.15) is 0 Å². The van der Waals surface area contributed by atoms with Gasteiger partial charge in [-0.3, -0.25) is 0 Å². The second-order valence-corrected chi connectivity index (χ2v) is 1.48. The Bertz CT molecular complexity index is 274. The topological polar surface area (TPSA) is 100 Å². The van der Waals surface area contributed by atoms with Crippen molar-refractivity contribution < 1.29 is 0 Å². The van der Waals surface area contributed by atoms with Gasteiger partial charge in [0.2, 0.25) is 0 Å². The molecule has 0 aliphatic rings. The van der Waals surface area contributed by atoms with Crippen LogP contribution >= 0.6 is 0 Å². The summed E-state index contributed by atoms with van der Waals surface area (Å²) in [5.74, 6) is 0.164. The van der Waals surface area contributed by atoms with Crippen LogP contribution in [-0.2, 0) is 0 Å². The van der Waals surface area contributed by atoms with Gasteiger partial charge in [-0.25, -0.2) is 0 Å². The summed E-state index contributed by atoms with van der Waals surface area (Å²) in [6, 6.07) is 0. The molecule has 0 aliphatic heterocycles. The monoisotopic (exact) mass is 137 g/mol. The minimum Gasteiger partial charge on any atom is -0.132 e. The van der Waals surface area contributed by atoms with Gasteiger partial charge in [-0.2, -0.15) is 0 Å². The Kier molecular flexibility index (Phi) is 1.72.